The molecule has 3 aromatic rings. The van der Waals surface area contributed by atoms with Crippen LogP contribution < -0.4 is 5.73 Å². The van der Waals surface area contributed by atoms with Crippen molar-refractivity contribution in [3.8, 4) is 0 Å². The van der Waals surface area contributed by atoms with E-state index >= 15 is 0 Å². The first-order valence-electron chi connectivity index (χ1n) is 8.67. The maximum atomic E-state index is 11.3. The molecule has 3 aromatic heterocycles. The van der Waals surface area contributed by atoms with Gasteiger partial charge in [0.25, 0.3) is 0 Å². The molecule has 1 saturated heterocycles. The number of halogens is 3. The van der Waals surface area contributed by atoms with E-state index in [1.807, 2.05) is 16.7 Å². The number of H-pyrrole nitrogens is 1. The molecule has 4 N–H and O–H groups in total. The minimum absolute atomic E-state index is 0.0524. The fourth-order valence-electron chi connectivity index (χ4n) is 3.37. The minimum Gasteiger partial charge on any atom is -0.465 e. The number of aromatic amines is 1. The highest BCUT2D eigenvalue weighted by atomic mass is 19.4. The first kappa shape index (κ1) is 19.9. The highest BCUT2D eigenvalue weighted by Crippen LogP contribution is 2.34. The molecule has 152 valence electrons. The number of amides is 1. The van der Waals surface area contributed by atoms with E-state index in [2.05, 4.69) is 32.8 Å². The average molecular weight is 399 g/mol. The molecule has 0 aromatic carbocycles. The number of carboxylic acid groups (broad SMARTS) is 1. The highest BCUT2D eigenvalue weighted by molar-refractivity contribution is 5.74. The van der Waals surface area contributed by atoms with Crippen LogP contribution in [0, 0.1) is 5.92 Å². The number of nitrogens with two attached hydrogens (primary N) is 1. The Bertz CT molecular complexity index is 968. The maximum Gasteiger partial charge on any atom is 0.407 e. The number of nitrogens with one attached hydrogen (secondary N) is 1. The van der Waals surface area contributed by atoms with Crippen LogP contribution in [0.3, 0.4) is 0 Å². The van der Waals surface area contributed by atoms with Gasteiger partial charge >= 0.3 is 12.3 Å². The van der Waals surface area contributed by atoms with Crippen molar-refractivity contribution in [2.75, 3.05) is 19.6 Å². The lowest BCUT2D eigenvalue weighted by molar-refractivity contribution is -0.118. The molecule has 12 heteroatoms. The predicted octanol–water partition coefficient (Wildman–Crippen LogP) is 2.22. The Morgan fingerprint density at radius 2 is 2.11 bits per heavy atom. The zero-order valence-electron chi connectivity index (χ0n) is 15.0. The van der Waals surface area contributed by atoms with E-state index in [4.69, 9.17) is 0 Å². The van der Waals surface area contributed by atoms with Gasteiger partial charge in [0.1, 0.15) is 5.82 Å². The summed E-state index contributed by atoms with van der Waals surface area (Å²) >= 11 is 0. The zero-order valence-corrected chi connectivity index (χ0v) is 15.0. The first-order valence-corrected chi connectivity index (χ1v) is 8.67. The number of aromatic nitrogens is 5. The van der Waals surface area contributed by atoms with E-state index < -0.39 is 18.8 Å². The topological polar surface area (TPSA) is 125 Å². The van der Waals surface area contributed by atoms with Gasteiger partial charge < -0.3 is 20.7 Å². The fourth-order valence-corrected chi connectivity index (χ4v) is 3.37. The van der Waals surface area contributed by atoms with Gasteiger partial charge in [-0.3, -0.25) is 4.40 Å². The van der Waals surface area contributed by atoms with Crippen LogP contribution in [0.5, 0.6) is 0 Å². The molecular formula is C16H20F3N7O2. The third kappa shape index (κ3) is 3.86. The van der Waals surface area contributed by atoms with Gasteiger partial charge in [-0.25, -0.2) is 9.78 Å². The summed E-state index contributed by atoms with van der Waals surface area (Å²) in [6.07, 6.45) is -0.635. The summed E-state index contributed by atoms with van der Waals surface area (Å²) in [5.74, 6) is 1.12. The normalized spacial score (nSPS) is 19.8. The molecule has 2 atom stereocenters. The van der Waals surface area contributed by atoms with Crippen LogP contribution >= 0.6 is 0 Å². The lowest BCUT2D eigenvalue weighted by atomic mass is 9.93. The van der Waals surface area contributed by atoms with Crippen LogP contribution in [0.15, 0.2) is 18.5 Å². The molecule has 4 heterocycles. The molecule has 1 aliphatic heterocycles. The van der Waals surface area contributed by atoms with Crippen LogP contribution in [-0.4, -0.2) is 66.5 Å². The molecule has 1 amide bonds. The second-order valence-corrected chi connectivity index (χ2v) is 6.50. The fraction of sp³-hybridized carbons (Fsp3) is 0.500. The number of alkyl halides is 3. The van der Waals surface area contributed by atoms with Gasteiger partial charge in [0.2, 0.25) is 0 Å². The molecule has 0 radical (unpaired) electrons. The van der Waals surface area contributed by atoms with Crippen molar-refractivity contribution in [1.82, 2.24) is 29.5 Å². The van der Waals surface area contributed by atoms with Crippen LogP contribution in [0.2, 0.25) is 0 Å². The van der Waals surface area contributed by atoms with Gasteiger partial charge in [-0.05, 0) is 12.0 Å². The summed E-state index contributed by atoms with van der Waals surface area (Å²) in [5.41, 5.74) is 6.56. The number of hydrogen-bond acceptors (Lipinski definition) is 5. The minimum atomic E-state index is -4.18. The molecule has 28 heavy (non-hydrogen) atoms. The number of fused-ring (bicyclic) bond motifs is 3. The van der Waals surface area contributed by atoms with Crippen molar-refractivity contribution in [1.29, 1.82) is 0 Å². The number of likely N-dealkylation sites (tertiary alicyclic amines) is 1. The van der Waals surface area contributed by atoms with Crippen molar-refractivity contribution < 1.29 is 23.1 Å². The number of carbonyl (C=O) groups is 1. The van der Waals surface area contributed by atoms with Crippen LogP contribution in [0.25, 0.3) is 16.8 Å². The molecule has 0 spiro atoms. The molecule has 9 nitrogen and oxygen atoms in total. The Labute approximate surface area is 157 Å². The summed E-state index contributed by atoms with van der Waals surface area (Å²) in [4.78, 5) is 20.1. The van der Waals surface area contributed by atoms with Crippen molar-refractivity contribution in [2.24, 2.45) is 11.7 Å². The van der Waals surface area contributed by atoms with Crippen LogP contribution in [-0.2, 0) is 0 Å². The van der Waals surface area contributed by atoms with Crippen molar-refractivity contribution in [3.63, 3.8) is 0 Å². The largest absolute Gasteiger partial charge is 0.465 e. The number of nitrogens with zero attached hydrogens (tertiary/aromatic N) is 5. The standard InChI is InChI=1S/C14H16N6O2.C2H4F3N/c1-2-8-6-19(14(21)22)7-9(8)13-18-17-11-5-16-12-10(20(11)13)3-4-15-12;3-2(4,5)1-6/h3-5,8-9,15H,2,6-7H2,1H3,(H,21,22);1,6H2/t8-,9+;/m1./s1. The summed E-state index contributed by atoms with van der Waals surface area (Å²) in [5, 5.41) is 17.8. The van der Waals surface area contributed by atoms with Crippen LogP contribution in [0.1, 0.15) is 25.1 Å². The van der Waals surface area contributed by atoms with Gasteiger partial charge in [0.15, 0.2) is 11.3 Å². The van der Waals surface area contributed by atoms with E-state index in [1.165, 1.54) is 4.90 Å². The molecular weight excluding hydrogens is 379 g/mol. The summed E-state index contributed by atoms with van der Waals surface area (Å²) in [6, 6.07) is 1.94. The molecule has 0 unspecified atom stereocenters. The van der Waals surface area contributed by atoms with Crippen LogP contribution in [0.4, 0.5) is 18.0 Å². The SMILES string of the molecule is CC[C@@H]1CN(C(=O)O)C[C@@H]1c1nnc2cnc3[nH]ccc3n12.NCC(F)(F)F. The van der Waals surface area contributed by atoms with E-state index in [-0.39, 0.29) is 11.8 Å². The van der Waals surface area contributed by atoms with Crippen molar-refractivity contribution >= 4 is 22.9 Å². The number of hydrogen-bond donors (Lipinski definition) is 3. The highest BCUT2D eigenvalue weighted by Gasteiger charge is 2.38. The van der Waals surface area contributed by atoms with Gasteiger partial charge in [-0.1, -0.05) is 13.3 Å². The average Bonchev–Trinajstić information content (AvgIpc) is 3.37. The van der Waals surface area contributed by atoms with E-state index in [9.17, 15) is 23.1 Å². The molecule has 0 saturated carbocycles. The first-order chi connectivity index (χ1) is 13.2. The summed E-state index contributed by atoms with van der Waals surface area (Å²) < 4.78 is 34.0. The second-order valence-electron chi connectivity index (χ2n) is 6.50. The quantitative estimate of drug-likeness (QED) is 0.607. The molecule has 4 rings (SSSR count). The molecule has 0 aliphatic carbocycles. The third-order valence-electron chi connectivity index (χ3n) is 4.77. The Kier molecular flexibility index (Phi) is 5.40. The lowest BCUT2D eigenvalue weighted by Crippen LogP contribution is -2.26. The monoisotopic (exact) mass is 399 g/mol. The van der Waals surface area contributed by atoms with Gasteiger partial charge in [-0.15, -0.1) is 10.2 Å². The molecule has 1 fully saturated rings. The van der Waals surface area contributed by atoms with Gasteiger partial charge in [0.05, 0.1) is 18.3 Å². The Morgan fingerprint density at radius 3 is 2.71 bits per heavy atom. The summed E-state index contributed by atoms with van der Waals surface area (Å²) in [7, 11) is 0. The third-order valence-corrected chi connectivity index (χ3v) is 4.77. The lowest BCUT2D eigenvalue weighted by Gasteiger charge is -2.14. The summed E-state index contributed by atoms with van der Waals surface area (Å²) in [6.45, 7) is 1.86. The van der Waals surface area contributed by atoms with E-state index in [1.54, 1.807) is 6.20 Å². The number of rotatable bonds is 2. The van der Waals surface area contributed by atoms with E-state index in [0.29, 0.717) is 18.7 Å². The Hall–Kier alpha value is -2.89. The smallest absolute Gasteiger partial charge is 0.407 e. The Morgan fingerprint density at radius 1 is 1.39 bits per heavy atom. The van der Waals surface area contributed by atoms with Crippen molar-refractivity contribution in [2.45, 2.75) is 25.4 Å². The maximum absolute atomic E-state index is 11.3. The van der Waals surface area contributed by atoms with E-state index in [0.717, 1.165) is 23.4 Å². The van der Waals surface area contributed by atoms with Crippen molar-refractivity contribution in [3.05, 3.63) is 24.3 Å². The zero-order chi connectivity index (χ0) is 20.5. The van der Waals surface area contributed by atoms with Gasteiger partial charge in [-0.2, -0.15) is 13.2 Å². The second kappa shape index (κ2) is 7.62. The predicted molar refractivity (Wildman–Crippen MR) is 93.9 cm³/mol. The molecule has 1 aliphatic rings. The van der Waals surface area contributed by atoms with Gasteiger partial charge in [0, 0.05) is 25.2 Å². The Balaban J connectivity index is 0.000000330. The molecule has 0 bridgehead atoms.